The summed E-state index contributed by atoms with van der Waals surface area (Å²) in [4.78, 5) is 5.23. The Morgan fingerprint density at radius 3 is 3.05 bits per heavy atom. The van der Waals surface area contributed by atoms with Gasteiger partial charge in [-0.05, 0) is 37.1 Å². The number of hydrogen-bond acceptors (Lipinski definition) is 5. The summed E-state index contributed by atoms with van der Waals surface area (Å²) < 4.78 is 16.4. The van der Waals surface area contributed by atoms with Crippen LogP contribution in [0.3, 0.4) is 0 Å². The highest BCUT2D eigenvalue weighted by atomic mass is 16.7. The van der Waals surface area contributed by atoms with Crippen LogP contribution < -0.4 is 14.2 Å². The van der Waals surface area contributed by atoms with Crippen molar-refractivity contribution in [2.75, 3.05) is 40.1 Å². The molecular formula is C17H24N2O3. The quantitative estimate of drug-likeness (QED) is 0.854. The third-order valence-corrected chi connectivity index (χ3v) is 5.05. The van der Waals surface area contributed by atoms with E-state index >= 15 is 0 Å². The first-order chi connectivity index (χ1) is 10.8. The van der Waals surface area contributed by atoms with Gasteiger partial charge in [-0.3, -0.25) is 9.80 Å². The molecule has 2 fully saturated rings. The van der Waals surface area contributed by atoms with Gasteiger partial charge in [0.05, 0.1) is 7.11 Å². The van der Waals surface area contributed by atoms with Gasteiger partial charge in [-0.1, -0.05) is 6.42 Å². The first kappa shape index (κ1) is 14.2. The number of ether oxygens (including phenoxy) is 3. The Labute approximate surface area is 131 Å². The van der Waals surface area contributed by atoms with Gasteiger partial charge in [0.1, 0.15) is 0 Å². The van der Waals surface area contributed by atoms with E-state index < -0.39 is 0 Å². The summed E-state index contributed by atoms with van der Waals surface area (Å²) >= 11 is 0. The predicted molar refractivity (Wildman–Crippen MR) is 83.6 cm³/mol. The van der Waals surface area contributed by atoms with E-state index in [0.717, 1.165) is 36.4 Å². The molecule has 3 aliphatic heterocycles. The molecule has 0 unspecified atom stereocenters. The van der Waals surface area contributed by atoms with Crippen molar-refractivity contribution in [1.82, 2.24) is 9.80 Å². The number of piperazine rings is 1. The molecule has 5 heteroatoms. The first-order valence-corrected chi connectivity index (χ1v) is 8.26. The van der Waals surface area contributed by atoms with Gasteiger partial charge in [-0.25, -0.2) is 0 Å². The first-order valence-electron chi connectivity index (χ1n) is 8.26. The Kier molecular flexibility index (Phi) is 3.84. The Hall–Kier alpha value is -1.46. The SMILES string of the molecule is COc1cc(CN2CCN3CCCC[C@@H]3C2)cc2c1OCO2. The van der Waals surface area contributed by atoms with Crippen molar-refractivity contribution < 1.29 is 14.2 Å². The highest BCUT2D eigenvalue weighted by Crippen LogP contribution is 2.42. The van der Waals surface area contributed by atoms with Crippen molar-refractivity contribution in [3.8, 4) is 17.2 Å². The van der Waals surface area contributed by atoms with E-state index in [-0.39, 0.29) is 6.79 Å². The molecule has 2 saturated heterocycles. The summed E-state index contributed by atoms with van der Waals surface area (Å²) in [6.45, 7) is 6.06. The zero-order valence-electron chi connectivity index (χ0n) is 13.2. The maximum Gasteiger partial charge on any atom is 0.231 e. The molecule has 0 N–H and O–H groups in total. The molecular weight excluding hydrogens is 280 g/mol. The molecule has 0 spiro atoms. The van der Waals surface area contributed by atoms with Gasteiger partial charge < -0.3 is 14.2 Å². The lowest BCUT2D eigenvalue weighted by Crippen LogP contribution is -2.54. The molecule has 120 valence electrons. The van der Waals surface area contributed by atoms with Crippen LogP contribution >= 0.6 is 0 Å². The van der Waals surface area contributed by atoms with Crippen LogP contribution in [-0.2, 0) is 6.54 Å². The van der Waals surface area contributed by atoms with Crippen molar-refractivity contribution in [3.63, 3.8) is 0 Å². The maximum atomic E-state index is 5.53. The smallest absolute Gasteiger partial charge is 0.231 e. The zero-order chi connectivity index (χ0) is 14.9. The van der Waals surface area contributed by atoms with Gasteiger partial charge in [0, 0.05) is 32.2 Å². The van der Waals surface area contributed by atoms with E-state index in [2.05, 4.69) is 21.9 Å². The van der Waals surface area contributed by atoms with E-state index in [4.69, 9.17) is 14.2 Å². The van der Waals surface area contributed by atoms with Crippen LogP contribution in [0.1, 0.15) is 24.8 Å². The summed E-state index contributed by atoms with van der Waals surface area (Å²) in [7, 11) is 1.68. The summed E-state index contributed by atoms with van der Waals surface area (Å²) in [5.41, 5.74) is 1.24. The second-order valence-electron chi connectivity index (χ2n) is 6.45. The van der Waals surface area contributed by atoms with Crippen molar-refractivity contribution in [2.45, 2.75) is 31.8 Å². The fraction of sp³-hybridized carbons (Fsp3) is 0.647. The van der Waals surface area contributed by atoms with Crippen LogP contribution in [0.25, 0.3) is 0 Å². The Morgan fingerprint density at radius 1 is 1.18 bits per heavy atom. The normalized spacial score (nSPS) is 25.0. The van der Waals surface area contributed by atoms with E-state index in [1.165, 1.54) is 44.5 Å². The number of hydrogen-bond donors (Lipinski definition) is 0. The van der Waals surface area contributed by atoms with Crippen LogP contribution in [0.2, 0.25) is 0 Å². The standard InChI is InChI=1S/C17H24N2O3/c1-20-15-8-13(9-16-17(15)22-12-21-16)10-18-6-7-19-5-3-2-4-14(19)11-18/h8-9,14H,2-7,10-12H2,1H3/t14-/m1/s1. The molecule has 1 atom stereocenters. The molecule has 3 heterocycles. The van der Waals surface area contributed by atoms with Crippen LogP contribution in [0.4, 0.5) is 0 Å². The van der Waals surface area contributed by atoms with Crippen molar-refractivity contribution in [2.24, 2.45) is 0 Å². The number of fused-ring (bicyclic) bond motifs is 2. The highest BCUT2D eigenvalue weighted by molar-refractivity contribution is 5.55. The fourth-order valence-electron chi connectivity index (χ4n) is 3.90. The van der Waals surface area contributed by atoms with E-state index in [1.54, 1.807) is 7.11 Å². The van der Waals surface area contributed by atoms with Crippen LogP contribution in [0.5, 0.6) is 17.2 Å². The van der Waals surface area contributed by atoms with E-state index in [1.807, 2.05) is 0 Å². The number of benzene rings is 1. The van der Waals surface area contributed by atoms with E-state index in [0.29, 0.717) is 0 Å². The average Bonchev–Trinajstić information content (AvgIpc) is 3.02. The lowest BCUT2D eigenvalue weighted by Gasteiger charge is -2.44. The lowest BCUT2D eigenvalue weighted by atomic mass is 9.99. The van der Waals surface area contributed by atoms with Gasteiger partial charge in [0.2, 0.25) is 12.5 Å². The van der Waals surface area contributed by atoms with Gasteiger partial charge in [0.25, 0.3) is 0 Å². The minimum absolute atomic E-state index is 0.288. The van der Waals surface area contributed by atoms with Crippen molar-refractivity contribution >= 4 is 0 Å². The summed E-state index contributed by atoms with van der Waals surface area (Å²) in [5.74, 6) is 2.33. The molecule has 0 radical (unpaired) electrons. The molecule has 4 rings (SSSR count). The zero-order valence-corrected chi connectivity index (χ0v) is 13.2. The third kappa shape index (κ3) is 2.63. The molecule has 0 bridgehead atoms. The third-order valence-electron chi connectivity index (χ3n) is 5.05. The van der Waals surface area contributed by atoms with Crippen LogP contribution in [0.15, 0.2) is 12.1 Å². The number of nitrogens with zero attached hydrogens (tertiary/aromatic N) is 2. The Morgan fingerprint density at radius 2 is 2.14 bits per heavy atom. The molecule has 0 aromatic heterocycles. The molecule has 1 aromatic carbocycles. The Bertz CT molecular complexity index is 549. The van der Waals surface area contributed by atoms with Crippen LogP contribution in [0, 0.1) is 0 Å². The summed E-state index contributed by atoms with van der Waals surface area (Å²) in [6, 6.07) is 4.93. The van der Waals surface area contributed by atoms with E-state index in [9.17, 15) is 0 Å². The molecule has 0 aliphatic carbocycles. The summed E-state index contributed by atoms with van der Waals surface area (Å²) in [5, 5.41) is 0. The summed E-state index contributed by atoms with van der Waals surface area (Å²) in [6.07, 6.45) is 4.10. The van der Waals surface area contributed by atoms with Gasteiger partial charge in [-0.2, -0.15) is 0 Å². The number of rotatable bonds is 3. The second-order valence-corrected chi connectivity index (χ2v) is 6.45. The van der Waals surface area contributed by atoms with Crippen molar-refractivity contribution in [1.29, 1.82) is 0 Å². The average molecular weight is 304 g/mol. The number of piperidine rings is 1. The monoisotopic (exact) mass is 304 g/mol. The predicted octanol–water partition coefficient (Wildman–Crippen LogP) is 2.09. The minimum Gasteiger partial charge on any atom is -0.493 e. The highest BCUT2D eigenvalue weighted by Gasteiger charge is 2.29. The fourth-order valence-corrected chi connectivity index (χ4v) is 3.90. The molecule has 0 amide bonds. The van der Waals surface area contributed by atoms with Gasteiger partial charge >= 0.3 is 0 Å². The topological polar surface area (TPSA) is 34.2 Å². The van der Waals surface area contributed by atoms with Gasteiger partial charge in [-0.15, -0.1) is 0 Å². The molecule has 0 saturated carbocycles. The molecule has 3 aliphatic rings. The molecule has 5 nitrogen and oxygen atoms in total. The van der Waals surface area contributed by atoms with Crippen molar-refractivity contribution in [3.05, 3.63) is 17.7 Å². The van der Waals surface area contributed by atoms with Crippen LogP contribution in [-0.4, -0.2) is 55.9 Å². The second kappa shape index (κ2) is 5.97. The lowest BCUT2D eigenvalue weighted by molar-refractivity contribution is 0.0456. The Balaban J connectivity index is 1.47. The largest absolute Gasteiger partial charge is 0.493 e. The molecule has 22 heavy (non-hydrogen) atoms. The van der Waals surface area contributed by atoms with Gasteiger partial charge in [0.15, 0.2) is 11.5 Å². The molecule has 1 aromatic rings. The maximum absolute atomic E-state index is 5.53. The minimum atomic E-state index is 0.288. The number of methoxy groups -OCH3 is 1.